The van der Waals surface area contributed by atoms with Gasteiger partial charge in [-0.2, -0.15) is 4.31 Å². The van der Waals surface area contributed by atoms with Gasteiger partial charge in [0.15, 0.2) is 5.78 Å². The average Bonchev–Trinajstić information content (AvgIpc) is 2.78. The highest BCUT2D eigenvalue weighted by Gasteiger charge is 2.32. The molecule has 0 atom stereocenters. The number of nitrogens with zero attached hydrogens (tertiary/aromatic N) is 2. The summed E-state index contributed by atoms with van der Waals surface area (Å²) in [4.78, 5) is 33.8. The average molecular weight is 447 g/mol. The topological polar surface area (TPSA) is 147 Å². The fraction of sp³-hybridized carbons (Fsp3) is 0.300. The van der Waals surface area contributed by atoms with Crippen molar-refractivity contribution in [2.45, 2.75) is 17.7 Å². The minimum atomic E-state index is -4.06. The Morgan fingerprint density at radius 1 is 1.06 bits per heavy atom. The number of ether oxygens (including phenoxy) is 1. The number of hydrogen-bond acceptors (Lipinski definition) is 8. The van der Waals surface area contributed by atoms with Crippen molar-refractivity contribution in [3.63, 3.8) is 0 Å². The normalized spacial score (nSPS) is 15.4. The van der Waals surface area contributed by atoms with Crippen LogP contribution in [0.2, 0.25) is 0 Å². The molecule has 164 valence electrons. The van der Waals surface area contributed by atoms with Gasteiger partial charge in [0.2, 0.25) is 10.0 Å². The molecule has 0 unspecified atom stereocenters. The lowest BCUT2D eigenvalue weighted by molar-refractivity contribution is -0.384. The summed E-state index contributed by atoms with van der Waals surface area (Å²) >= 11 is 0. The zero-order valence-corrected chi connectivity index (χ0v) is 17.3. The number of nitro groups is 1. The van der Waals surface area contributed by atoms with Crippen LogP contribution in [0.15, 0.2) is 47.4 Å². The van der Waals surface area contributed by atoms with E-state index in [9.17, 15) is 33.2 Å². The van der Waals surface area contributed by atoms with Crippen LogP contribution >= 0.6 is 0 Å². The van der Waals surface area contributed by atoms with Gasteiger partial charge in [-0.05, 0) is 43.2 Å². The Labute approximate surface area is 178 Å². The first-order chi connectivity index (χ1) is 14.6. The molecule has 1 heterocycles. The Hall–Kier alpha value is -3.31. The summed E-state index contributed by atoms with van der Waals surface area (Å²) in [6, 6.07) is 8.94. The molecule has 11 heteroatoms. The highest BCUT2D eigenvalue weighted by atomic mass is 32.2. The maximum Gasteiger partial charge on any atom is 0.269 e. The number of benzene rings is 2. The third kappa shape index (κ3) is 4.57. The van der Waals surface area contributed by atoms with Gasteiger partial charge >= 0.3 is 0 Å². The highest BCUT2D eigenvalue weighted by molar-refractivity contribution is 7.89. The predicted molar refractivity (Wildman–Crippen MR) is 106 cm³/mol. The van der Waals surface area contributed by atoms with Crippen LogP contribution in [0.3, 0.4) is 0 Å². The van der Waals surface area contributed by atoms with E-state index in [2.05, 4.69) is 0 Å². The summed E-state index contributed by atoms with van der Waals surface area (Å²) in [7, 11) is -2.76. The molecule has 1 aliphatic rings. The van der Waals surface area contributed by atoms with Gasteiger partial charge in [-0.1, -0.05) is 0 Å². The number of hydrogen-bond donors (Lipinski definition) is 0. The molecule has 0 N–H and O–H groups in total. The maximum absolute atomic E-state index is 13.2. The van der Waals surface area contributed by atoms with Crippen LogP contribution in [0.4, 0.5) is 5.69 Å². The van der Waals surface area contributed by atoms with Crippen LogP contribution in [0.5, 0.6) is 5.75 Å². The van der Waals surface area contributed by atoms with Crippen molar-refractivity contribution in [3.8, 4) is 5.75 Å². The second-order valence-electron chi connectivity index (χ2n) is 7.00. The Morgan fingerprint density at radius 3 is 2.16 bits per heavy atom. The molecule has 1 fully saturated rings. The van der Waals surface area contributed by atoms with Crippen molar-refractivity contribution >= 4 is 27.5 Å². The van der Waals surface area contributed by atoms with E-state index in [4.69, 9.17) is 4.74 Å². The fourth-order valence-corrected chi connectivity index (χ4v) is 5.04. The van der Waals surface area contributed by atoms with Crippen LogP contribution < -0.4 is 9.84 Å². The molecular weight excluding hydrogens is 428 g/mol. The van der Waals surface area contributed by atoms with Crippen molar-refractivity contribution in [1.82, 2.24) is 4.31 Å². The molecule has 10 nitrogen and oxygen atoms in total. The van der Waals surface area contributed by atoms with Gasteiger partial charge in [-0.25, -0.2) is 8.42 Å². The number of carbonyl (C=O) groups is 2. The first kappa shape index (κ1) is 22.4. The molecule has 1 saturated heterocycles. The maximum atomic E-state index is 13.2. The molecule has 31 heavy (non-hydrogen) atoms. The van der Waals surface area contributed by atoms with Gasteiger partial charge in [-0.15, -0.1) is 0 Å². The molecule has 0 amide bonds. The molecule has 0 aliphatic carbocycles. The lowest BCUT2D eigenvalue weighted by Crippen LogP contribution is -2.43. The number of non-ortho nitro benzene ring substituents is 1. The number of aliphatic carboxylic acids is 1. The van der Waals surface area contributed by atoms with E-state index < -0.39 is 32.6 Å². The summed E-state index contributed by atoms with van der Waals surface area (Å²) in [5.41, 5.74) is 0.0567. The van der Waals surface area contributed by atoms with Crippen molar-refractivity contribution in [3.05, 3.63) is 63.7 Å². The summed E-state index contributed by atoms with van der Waals surface area (Å²) < 4.78 is 32.7. The minimum Gasteiger partial charge on any atom is -0.550 e. The first-order valence-corrected chi connectivity index (χ1v) is 10.8. The number of carbonyl (C=O) groups excluding carboxylic acids is 2. The number of rotatable bonds is 7. The third-order valence-corrected chi connectivity index (χ3v) is 7.09. The summed E-state index contributed by atoms with van der Waals surface area (Å²) in [6.07, 6.45) is 0.261. The van der Waals surface area contributed by atoms with Crippen LogP contribution in [-0.2, 0) is 14.8 Å². The molecule has 2 aromatic rings. The molecule has 0 spiro atoms. The van der Waals surface area contributed by atoms with E-state index in [0.29, 0.717) is 0 Å². The quantitative estimate of drug-likeness (QED) is 0.347. The number of piperidine rings is 1. The lowest BCUT2D eigenvalue weighted by Gasteiger charge is -2.31. The smallest absolute Gasteiger partial charge is 0.269 e. The van der Waals surface area contributed by atoms with Gasteiger partial charge in [0.1, 0.15) is 10.6 Å². The van der Waals surface area contributed by atoms with Gasteiger partial charge in [0, 0.05) is 48.2 Å². The zero-order valence-electron chi connectivity index (χ0n) is 16.5. The molecule has 1 aliphatic heterocycles. The van der Waals surface area contributed by atoms with Crippen LogP contribution in [0.1, 0.15) is 28.8 Å². The van der Waals surface area contributed by atoms with E-state index in [1.165, 1.54) is 49.6 Å². The zero-order chi connectivity index (χ0) is 22.8. The number of carboxylic acid groups (broad SMARTS) is 1. The summed E-state index contributed by atoms with van der Waals surface area (Å²) in [5, 5.41) is 21.8. The Morgan fingerprint density at radius 2 is 1.65 bits per heavy atom. The van der Waals surface area contributed by atoms with E-state index in [-0.39, 0.29) is 53.4 Å². The molecule has 3 rings (SSSR count). The number of methoxy groups -OCH3 is 1. The van der Waals surface area contributed by atoms with Crippen molar-refractivity contribution in [2.75, 3.05) is 20.2 Å². The largest absolute Gasteiger partial charge is 0.550 e. The third-order valence-electron chi connectivity index (χ3n) is 5.17. The van der Waals surface area contributed by atoms with E-state index in [0.717, 1.165) is 4.31 Å². The lowest BCUT2D eigenvalue weighted by atomic mass is 9.99. The monoisotopic (exact) mass is 447 g/mol. The second-order valence-corrected chi connectivity index (χ2v) is 8.90. The number of ketones is 1. The van der Waals surface area contributed by atoms with Crippen molar-refractivity contribution in [2.24, 2.45) is 5.92 Å². The van der Waals surface area contributed by atoms with E-state index in [1.54, 1.807) is 0 Å². The number of nitro benzene ring substituents is 1. The van der Waals surface area contributed by atoms with Crippen LogP contribution in [0.25, 0.3) is 0 Å². The van der Waals surface area contributed by atoms with E-state index in [1.807, 2.05) is 0 Å². The molecular formula is C20H19N2O8S-. The molecule has 0 aromatic heterocycles. The first-order valence-electron chi connectivity index (χ1n) is 9.33. The van der Waals surface area contributed by atoms with Crippen molar-refractivity contribution in [1.29, 1.82) is 0 Å². The number of sulfonamides is 1. The van der Waals surface area contributed by atoms with Crippen molar-refractivity contribution < 1.29 is 32.8 Å². The van der Waals surface area contributed by atoms with Crippen LogP contribution in [0, 0.1) is 16.0 Å². The van der Waals surface area contributed by atoms with Gasteiger partial charge in [0.25, 0.3) is 5.69 Å². The highest BCUT2D eigenvalue weighted by Crippen LogP contribution is 2.31. The standard InChI is InChI=1S/C20H20N2O8S/c1-30-17-7-4-15(19(23)13-2-5-16(6-3-13)22(26)27)12-18(17)31(28,29)21-10-8-14(9-11-21)20(24)25/h2-7,12,14H,8-11H2,1H3,(H,24,25)/p-1. The van der Waals surface area contributed by atoms with Gasteiger partial charge in [-0.3, -0.25) is 14.9 Å². The Kier molecular flexibility index (Phi) is 6.37. The second kappa shape index (κ2) is 8.82. The minimum absolute atomic E-state index is 0.00462. The Bertz CT molecular complexity index is 1120. The summed E-state index contributed by atoms with van der Waals surface area (Å²) in [6.45, 7) is 0.00925. The van der Waals surface area contributed by atoms with Gasteiger partial charge in [0.05, 0.1) is 12.0 Å². The van der Waals surface area contributed by atoms with Gasteiger partial charge < -0.3 is 14.6 Å². The van der Waals surface area contributed by atoms with Crippen LogP contribution in [-0.4, -0.2) is 49.6 Å². The summed E-state index contributed by atoms with van der Waals surface area (Å²) in [5.74, 6) is -2.37. The molecule has 0 saturated carbocycles. The predicted octanol–water partition coefficient (Wildman–Crippen LogP) is 0.985. The SMILES string of the molecule is COc1ccc(C(=O)c2ccc([N+](=O)[O-])cc2)cc1S(=O)(=O)N1CCC(C(=O)[O-])CC1. The molecule has 2 aromatic carbocycles. The van der Waals surface area contributed by atoms with E-state index >= 15 is 0 Å². The molecule has 0 radical (unpaired) electrons. The fourth-order valence-electron chi connectivity index (χ4n) is 3.39. The Balaban J connectivity index is 1.92. The molecule has 0 bridgehead atoms. The number of carboxylic acids is 1.